The monoisotopic (exact) mass is 235 g/mol. The van der Waals surface area contributed by atoms with Crippen molar-refractivity contribution in [2.24, 2.45) is 5.73 Å². The third-order valence-corrected chi connectivity index (χ3v) is 2.39. The molecular weight excluding hydrogens is 214 g/mol. The van der Waals surface area contributed by atoms with Crippen LogP contribution in [0.25, 0.3) is 0 Å². The lowest BCUT2D eigenvalue weighted by atomic mass is 10.1. The van der Waals surface area contributed by atoms with E-state index < -0.39 is 0 Å². The molecule has 0 aromatic heterocycles. The first-order chi connectivity index (χ1) is 8.19. The van der Waals surface area contributed by atoms with Crippen molar-refractivity contribution in [3.05, 3.63) is 36.4 Å². The second kappa shape index (κ2) is 6.97. The molecule has 1 aromatic rings. The molecule has 3 nitrogen and oxygen atoms in total. The Bertz CT molecular complexity index is 361. The number of hydrogen-bond donors (Lipinski definition) is 1. The second-order valence-electron chi connectivity index (χ2n) is 4.06. The molecule has 94 valence electrons. The SMILES string of the molecule is C=CCCOc1c(CC(C)N)cccc1OC. The molecule has 0 fully saturated rings. The molecule has 1 atom stereocenters. The largest absolute Gasteiger partial charge is 0.493 e. The van der Waals surface area contributed by atoms with Gasteiger partial charge >= 0.3 is 0 Å². The van der Waals surface area contributed by atoms with Crippen molar-refractivity contribution in [2.75, 3.05) is 13.7 Å². The summed E-state index contributed by atoms with van der Waals surface area (Å²) >= 11 is 0. The molecule has 2 N–H and O–H groups in total. The predicted molar refractivity (Wildman–Crippen MR) is 70.7 cm³/mol. The number of hydrogen-bond acceptors (Lipinski definition) is 3. The summed E-state index contributed by atoms with van der Waals surface area (Å²) in [6.45, 7) is 6.26. The lowest BCUT2D eigenvalue weighted by Crippen LogP contribution is -2.18. The molecule has 1 unspecified atom stereocenters. The molecule has 0 aliphatic carbocycles. The van der Waals surface area contributed by atoms with Crippen LogP contribution in [0.3, 0.4) is 0 Å². The Hall–Kier alpha value is -1.48. The van der Waals surface area contributed by atoms with Gasteiger partial charge in [0.25, 0.3) is 0 Å². The summed E-state index contributed by atoms with van der Waals surface area (Å²) in [5.41, 5.74) is 6.91. The lowest BCUT2D eigenvalue weighted by molar-refractivity contribution is 0.296. The van der Waals surface area contributed by atoms with Gasteiger partial charge in [-0.3, -0.25) is 0 Å². The highest BCUT2D eigenvalue weighted by molar-refractivity contribution is 5.47. The molecule has 0 aliphatic rings. The summed E-state index contributed by atoms with van der Waals surface area (Å²) in [5, 5.41) is 0. The molecule has 0 heterocycles. The quantitative estimate of drug-likeness (QED) is 0.583. The van der Waals surface area contributed by atoms with Crippen LogP contribution in [0.4, 0.5) is 0 Å². The normalized spacial score (nSPS) is 11.9. The Labute approximate surface area is 103 Å². The molecule has 0 bridgehead atoms. The zero-order chi connectivity index (χ0) is 12.7. The molecule has 0 aliphatic heterocycles. The van der Waals surface area contributed by atoms with E-state index >= 15 is 0 Å². The molecule has 0 spiro atoms. The smallest absolute Gasteiger partial charge is 0.164 e. The van der Waals surface area contributed by atoms with Crippen LogP contribution in [-0.2, 0) is 6.42 Å². The first-order valence-electron chi connectivity index (χ1n) is 5.84. The lowest BCUT2D eigenvalue weighted by Gasteiger charge is -2.15. The highest BCUT2D eigenvalue weighted by atomic mass is 16.5. The summed E-state index contributed by atoms with van der Waals surface area (Å²) in [6.07, 6.45) is 3.43. The third kappa shape index (κ3) is 4.11. The van der Waals surface area contributed by atoms with Crippen LogP contribution in [-0.4, -0.2) is 19.8 Å². The van der Waals surface area contributed by atoms with E-state index in [4.69, 9.17) is 15.2 Å². The van der Waals surface area contributed by atoms with E-state index in [9.17, 15) is 0 Å². The van der Waals surface area contributed by atoms with Gasteiger partial charge in [0.15, 0.2) is 11.5 Å². The molecule has 17 heavy (non-hydrogen) atoms. The zero-order valence-electron chi connectivity index (χ0n) is 10.6. The van der Waals surface area contributed by atoms with Crippen LogP contribution in [0, 0.1) is 0 Å². The minimum absolute atomic E-state index is 0.101. The summed E-state index contributed by atoms with van der Waals surface area (Å²) in [5.74, 6) is 1.56. The number of benzene rings is 1. The Balaban J connectivity index is 2.89. The maximum Gasteiger partial charge on any atom is 0.164 e. The van der Waals surface area contributed by atoms with Crippen molar-refractivity contribution in [3.63, 3.8) is 0 Å². The fraction of sp³-hybridized carbons (Fsp3) is 0.429. The van der Waals surface area contributed by atoms with Crippen LogP contribution >= 0.6 is 0 Å². The van der Waals surface area contributed by atoms with Crippen molar-refractivity contribution in [1.82, 2.24) is 0 Å². The molecule has 3 heteroatoms. The van der Waals surface area contributed by atoms with Crippen LogP contribution in [0.2, 0.25) is 0 Å². The van der Waals surface area contributed by atoms with Gasteiger partial charge in [-0.15, -0.1) is 6.58 Å². The van der Waals surface area contributed by atoms with Crippen LogP contribution < -0.4 is 15.2 Å². The summed E-state index contributed by atoms with van der Waals surface area (Å²) < 4.78 is 11.1. The molecule has 0 amide bonds. The first-order valence-corrected chi connectivity index (χ1v) is 5.84. The van der Waals surface area contributed by atoms with Crippen molar-refractivity contribution >= 4 is 0 Å². The van der Waals surface area contributed by atoms with Gasteiger partial charge in [0.1, 0.15) is 0 Å². The van der Waals surface area contributed by atoms with E-state index in [1.165, 1.54) is 0 Å². The average molecular weight is 235 g/mol. The topological polar surface area (TPSA) is 44.5 Å². The fourth-order valence-corrected chi connectivity index (χ4v) is 1.64. The van der Waals surface area contributed by atoms with Gasteiger partial charge in [0, 0.05) is 6.04 Å². The molecule has 0 saturated heterocycles. The van der Waals surface area contributed by atoms with Gasteiger partial charge in [0.05, 0.1) is 13.7 Å². The number of methoxy groups -OCH3 is 1. The summed E-state index contributed by atoms with van der Waals surface area (Å²) in [4.78, 5) is 0. The zero-order valence-corrected chi connectivity index (χ0v) is 10.6. The van der Waals surface area contributed by atoms with Gasteiger partial charge in [0.2, 0.25) is 0 Å². The standard InChI is InChI=1S/C14H21NO2/c1-4-5-9-17-14-12(10-11(2)15)7-6-8-13(14)16-3/h4,6-8,11H,1,5,9-10,15H2,2-3H3. The average Bonchev–Trinajstić information content (AvgIpc) is 2.30. The molecule has 0 saturated carbocycles. The molecule has 1 aromatic carbocycles. The maximum atomic E-state index is 5.83. The fourth-order valence-electron chi connectivity index (χ4n) is 1.64. The number of ether oxygens (including phenoxy) is 2. The summed E-state index contributed by atoms with van der Waals surface area (Å²) in [6, 6.07) is 5.98. The maximum absolute atomic E-state index is 5.83. The van der Waals surface area contributed by atoms with Crippen molar-refractivity contribution < 1.29 is 9.47 Å². The van der Waals surface area contributed by atoms with Crippen molar-refractivity contribution in [3.8, 4) is 11.5 Å². The Morgan fingerprint density at radius 3 is 2.82 bits per heavy atom. The Morgan fingerprint density at radius 2 is 2.24 bits per heavy atom. The number of nitrogens with two attached hydrogens (primary N) is 1. The molecule has 1 rings (SSSR count). The van der Waals surface area contributed by atoms with E-state index in [1.54, 1.807) is 7.11 Å². The van der Waals surface area contributed by atoms with Crippen LogP contribution in [0.1, 0.15) is 18.9 Å². The van der Waals surface area contributed by atoms with E-state index in [0.29, 0.717) is 6.61 Å². The highest BCUT2D eigenvalue weighted by Gasteiger charge is 2.11. The molecule has 0 radical (unpaired) electrons. The number of rotatable bonds is 7. The minimum atomic E-state index is 0.101. The second-order valence-corrected chi connectivity index (χ2v) is 4.06. The molecular formula is C14H21NO2. The Morgan fingerprint density at radius 1 is 1.47 bits per heavy atom. The van der Waals surface area contributed by atoms with E-state index in [2.05, 4.69) is 6.58 Å². The third-order valence-electron chi connectivity index (χ3n) is 2.39. The van der Waals surface area contributed by atoms with Gasteiger partial charge in [-0.25, -0.2) is 0 Å². The highest BCUT2D eigenvalue weighted by Crippen LogP contribution is 2.31. The van der Waals surface area contributed by atoms with Gasteiger partial charge < -0.3 is 15.2 Å². The Kier molecular flexibility index (Phi) is 5.57. The van der Waals surface area contributed by atoms with E-state index in [0.717, 1.165) is 29.9 Å². The van der Waals surface area contributed by atoms with Crippen LogP contribution in [0.15, 0.2) is 30.9 Å². The predicted octanol–water partition coefficient (Wildman–Crippen LogP) is 2.54. The van der Waals surface area contributed by atoms with Gasteiger partial charge in [-0.1, -0.05) is 18.2 Å². The van der Waals surface area contributed by atoms with Crippen molar-refractivity contribution in [2.45, 2.75) is 25.8 Å². The number of para-hydroxylation sites is 1. The van der Waals surface area contributed by atoms with E-state index in [-0.39, 0.29) is 6.04 Å². The summed E-state index contributed by atoms with van der Waals surface area (Å²) in [7, 11) is 1.64. The van der Waals surface area contributed by atoms with E-state index in [1.807, 2.05) is 31.2 Å². The van der Waals surface area contributed by atoms with Crippen LogP contribution in [0.5, 0.6) is 11.5 Å². The minimum Gasteiger partial charge on any atom is -0.493 e. The van der Waals surface area contributed by atoms with Gasteiger partial charge in [-0.2, -0.15) is 0 Å². The first kappa shape index (κ1) is 13.6. The van der Waals surface area contributed by atoms with Crippen molar-refractivity contribution in [1.29, 1.82) is 0 Å². The van der Waals surface area contributed by atoms with Gasteiger partial charge in [-0.05, 0) is 31.4 Å².